The average molecular weight is 296 g/mol. The summed E-state index contributed by atoms with van der Waals surface area (Å²) in [4.78, 5) is 0. The Morgan fingerprint density at radius 1 is 1.30 bits per heavy atom. The van der Waals surface area contributed by atoms with Gasteiger partial charge in [-0.3, -0.25) is 0 Å². The number of anilines is 1. The van der Waals surface area contributed by atoms with Crippen molar-refractivity contribution in [1.29, 1.82) is 0 Å². The van der Waals surface area contributed by atoms with Gasteiger partial charge in [-0.15, -0.1) is 5.10 Å². The molecule has 0 saturated carbocycles. The average Bonchev–Trinajstić information content (AvgIpc) is 2.86. The molecular weight excluding hydrogens is 278 g/mol. The molecule has 1 aromatic carbocycles. The minimum Gasteiger partial charge on any atom is -0.399 e. The maximum Gasteiger partial charge on any atom is 0.182 e. The van der Waals surface area contributed by atoms with Gasteiger partial charge >= 0.3 is 0 Å². The second-order valence-electron chi connectivity index (χ2n) is 4.46. The summed E-state index contributed by atoms with van der Waals surface area (Å²) < 4.78 is 7.21. The first-order chi connectivity index (χ1) is 9.70. The minimum absolute atomic E-state index is 0.564. The fraction of sp³-hybridized carbons (Fsp3) is 0.462. The van der Waals surface area contributed by atoms with Crippen LogP contribution in [0.15, 0.2) is 18.2 Å². The van der Waals surface area contributed by atoms with Gasteiger partial charge in [-0.25, -0.2) is 4.68 Å². The van der Waals surface area contributed by atoms with Crippen LogP contribution in [0.2, 0.25) is 5.02 Å². The van der Waals surface area contributed by atoms with E-state index in [1.165, 1.54) is 0 Å². The van der Waals surface area contributed by atoms with E-state index in [-0.39, 0.29) is 0 Å². The number of nitrogens with zero attached hydrogens (tertiary/aromatic N) is 4. The van der Waals surface area contributed by atoms with Crippen molar-refractivity contribution >= 4 is 17.3 Å². The Balaban J connectivity index is 2.04. The highest BCUT2D eigenvalue weighted by molar-refractivity contribution is 6.31. The lowest BCUT2D eigenvalue weighted by Gasteiger charge is -2.06. The predicted octanol–water partition coefficient (Wildman–Crippen LogP) is 2.39. The molecule has 0 fully saturated rings. The van der Waals surface area contributed by atoms with Crippen molar-refractivity contribution in [3.63, 3.8) is 0 Å². The van der Waals surface area contributed by atoms with Crippen molar-refractivity contribution in [3.05, 3.63) is 23.2 Å². The number of tetrazole rings is 1. The number of halogens is 1. The molecule has 0 radical (unpaired) electrons. The van der Waals surface area contributed by atoms with Crippen molar-refractivity contribution in [2.75, 3.05) is 18.9 Å². The van der Waals surface area contributed by atoms with Gasteiger partial charge in [0.25, 0.3) is 0 Å². The lowest BCUT2D eigenvalue weighted by Crippen LogP contribution is -2.10. The third kappa shape index (κ3) is 3.91. The van der Waals surface area contributed by atoms with Crippen molar-refractivity contribution < 1.29 is 4.74 Å². The molecule has 2 rings (SSSR count). The molecule has 7 heteroatoms. The Labute approximate surface area is 122 Å². The fourth-order valence-electron chi connectivity index (χ4n) is 1.80. The number of benzene rings is 1. The number of unbranched alkanes of at least 4 members (excludes halogenated alkanes) is 1. The van der Waals surface area contributed by atoms with Gasteiger partial charge in [-0.05, 0) is 35.0 Å². The summed E-state index contributed by atoms with van der Waals surface area (Å²) >= 11 is 6.00. The highest BCUT2D eigenvalue weighted by atomic mass is 35.5. The maximum atomic E-state index is 6.00. The van der Waals surface area contributed by atoms with Crippen LogP contribution in [0.25, 0.3) is 11.4 Å². The molecule has 1 heterocycles. The predicted molar refractivity (Wildman–Crippen MR) is 78.4 cm³/mol. The largest absolute Gasteiger partial charge is 0.399 e. The number of rotatable bonds is 7. The molecule has 6 nitrogen and oxygen atoms in total. The standard InChI is InChI=1S/C13H18ClN5O/c1-2-3-5-20-6-4-19-13(16-17-18-19)10-7-11(14)9-12(15)8-10/h7-9H,2-6,15H2,1H3. The normalized spacial score (nSPS) is 10.9. The van der Waals surface area contributed by atoms with Gasteiger partial charge in [0.05, 0.1) is 13.2 Å². The molecule has 2 N–H and O–H groups in total. The van der Waals surface area contributed by atoms with Gasteiger partial charge < -0.3 is 10.5 Å². The summed E-state index contributed by atoms with van der Waals surface area (Å²) in [7, 11) is 0. The molecule has 0 aliphatic heterocycles. The highest BCUT2D eigenvalue weighted by Gasteiger charge is 2.10. The molecule has 0 bridgehead atoms. The van der Waals surface area contributed by atoms with Crippen molar-refractivity contribution in [3.8, 4) is 11.4 Å². The topological polar surface area (TPSA) is 78.8 Å². The lowest BCUT2D eigenvalue weighted by molar-refractivity contribution is 0.121. The van der Waals surface area contributed by atoms with Crippen LogP contribution in [0.5, 0.6) is 0 Å². The zero-order valence-electron chi connectivity index (χ0n) is 11.4. The molecular formula is C13H18ClN5O. The summed E-state index contributed by atoms with van der Waals surface area (Å²) in [6, 6.07) is 5.27. The minimum atomic E-state index is 0.564. The molecule has 1 aromatic heterocycles. The number of nitrogen functional groups attached to an aromatic ring is 1. The molecule has 2 aromatic rings. The summed E-state index contributed by atoms with van der Waals surface area (Å²) in [5.74, 6) is 0.637. The van der Waals surface area contributed by atoms with Gasteiger partial charge in [-0.1, -0.05) is 24.9 Å². The summed E-state index contributed by atoms with van der Waals surface area (Å²) in [6.07, 6.45) is 2.19. The second-order valence-corrected chi connectivity index (χ2v) is 4.90. The summed E-state index contributed by atoms with van der Waals surface area (Å²) in [5.41, 5.74) is 7.17. The number of nitrogens with two attached hydrogens (primary N) is 1. The molecule has 0 aliphatic carbocycles. The highest BCUT2D eigenvalue weighted by Crippen LogP contribution is 2.23. The van der Waals surface area contributed by atoms with Crippen LogP contribution in [0, 0.1) is 0 Å². The van der Waals surface area contributed by atoms with Gasteiger partial charge in [-0.2, -0.15) is 0 Å². The van der Waals surface area contributed by atoms with Gasteiger partial charge in [0.2, 0.25) is 0 Å². The number of hydrogen-bond acceptors (Lipinski definition) is 5. The van der Waals surface area contributed by atoms with Gasteiger partial charge in [0.15, 0.2) is 5.82 Å². The van der Waals surface area contributed by atoms with Crippen molar-refractivity contribution in [1.82, 2.24) is 20.2 Å². The molecule has 20 heavy (non-hydrogen) atoms. The van der Waals surface area contributed by atoms with Gasteiger partial charge in [0, 0.05) is 22.9 Å². The fourth-order valence-corrected chi connectivity index (χ4v) is 2.05. The molecule has 0 atom stereocenters. The van der Waals surface area contributed by atoms with Crippen molar-refractivity contribution in [2.24, 2.45) is 0 Å². The summed E-state index contributed by atoms with van der Waals surface area (Å²) in [6.45, 7) is 4.07. The molecule has 0 amide bonds. The third-order valence-corrected chi connectivity index (χ3v) is 3.02. The zero-order chi connectivity index (χ0) is 14.4. The molecule has 0 saturated heterocycles. The monoisotopic (exact) mass is 295 g/mol. The van der Waals surface area contributed by atoms with Crippen LogP contribution in [-0.4, -0.2) is 33.4 Å². The maximum absolute atomic E-state index is 6.00. The van der Waals surface area contributed by atoms with Crippen LogP contribution in [0.1, 0.15) is 19.8 Å². The molecule has 0 spiro atoms. The number of ether oxygens (including phenoxy) is 1. The van der Waals surface area contributed by atoms with E-state index in [2.05, 4.69) is 22.4 Å². The van der Waals surface area contributed by atoms with Crippen LogP contribution >= 0.6 is 11.6 Å². The van der Waals surface area contributed by atoms with E-state index in [0.29, 0.717) is 29.7 Å². The lowest BCUT2D eigenvalue weighted by atomic mass is 10.2. The van der Waals surface area contributed by atoms with Crippen LogP contribution in [0.3, 0.4) is 0 Å². The van der Waals surface area contributed by atoms with E-state index in [1.54, 1.807) is 22.9 Å². The number of aromatic nitrogens is 4. The van der Waals surface area contributed by atoms with Crippen molar-refractivity contribution in [2.45, 2.75) is 26.3 Å². The van der Waals surface area contributed by atoms with Gasteiger partial charge in [0.1, 0.15) is 0 Å². The molecule has 108 valence electrons. The Kier molecular flexibility index (Phi) is 5.31. The summed E-state index contributed by atoms with van der Waals surface area (Å²) in [5, 5.41) is 12.2. The second kappa shape index (κ2) is 7.21. The first-order valence-corrected chi connectivity index (χ1v) is 6.99. The van der Waals surface area contributed by atoms with E-state index in [4.69, 9.17) is 22.1 Å². The Morgan fingerprint density at radius 2 is 2.15 bits per heavy atom. The van der Waals surface area contributed by atoms with E-state index in [0.717, 1.165) is 25.0 Å². The SMILES string of the molecule is CCCCOCCn1nnnc1-c1cc(N)cc(Cl)c1. The third-order valence-electron chi connectivity index (χ3n) is 2.80. The van der Waals surface area contributed by atoms with E-state index in [1.807, 2.05) is 0 Å². The number of hydrogen-bond donors (Lipinski definition) is 1. The van der Waals surface area contributed by atoms with E-state index >= 15 is 0 Å². The Hall–Kier alpha value is -1.66. The first kappa shape index (κ1) is 14.7. The van der Waals surface area contributed by atoms with Crippen LogP contribution in [-0.2, 0) is 11.3 Å². The molecule has 0 unspecified atom stereocenters. The Bertz CT molecular complexity index is 537. The van der Waals surface area contributed by atoms with E-state index < -0.39 is 0 Å². The van der Waals surface area contributed by atoms with Crippen LogP contribution in [0.4, 0.5) is 5.69 Å². The van der Waals surface area contributed by atoms with E-state index in [9.17, 15) is 0 Å². The van der Waals surface area contributed by atoms with Crippen LogP contribution < -0.4 is 5.73 Å². The zero-order valence-corrected chi connectivity index (χ0v) is 12.2. The quantitative estimate of drug-likeness (QED) is 0.627. The first-order valence-electron chi connectivity index (χ1n) is 6.61. The Morgan fingerprint density at radius 3 is 2.90 bits per heavy atom. The molecule has 0 aliphatic rings. The smallest absolute Gasteiger partial charge is 0.182 e.